The van der Waals surface area contributed by atoms with Gasteiger partial charge in [-0.3, -0.25) is 4.79 Å². The summed E-state index contributed by atoms with van der Waals surface area (Å²) < 4.78 is 17.6. The first kappa shape index (κ1) is 21.2. The normalized spacial score (nSPS) is 18.8. The lowest BCUT2D eigenvalue weighted by Crippen LogP contribution is -3.26. The molecule has 0 amide bonds. The van der Waals surface area contributed by atoms with Crippen molar-refractivity contribution in [2.24, 2.45) is 0 Å². The predicted molar refractivity (Wildman–Crippen MR) is 118 cm³/mol. The number of fused-ring (bicyclic) bond motifs is 1. The molecule has 3 aromatic rings. The quantitative estimate of drug-likeness (QED) is 0.546. The fourth-order valence-corrected chi connectivity index (χ4v) is 4.06. The summed E-state index contributed by atoms with van der Waals surface area (Å²) in [6.45, 7) is 8.91. The first-order valence-electron chi connectivity index (χ1n) is 10.8. The molecule has 31 heavy (non-hydrogen) atoms. The molecular weight excluding hydrogens is 396 g/mol. The van der Waals surface area contributed by atoms with Gasteiger partial charge < -0.3 is 28.8 Å². The lowest BCUT2D eigenvalue weighted by atomic mass is 10.1. The van der Waals surface area contributed by atoms with Gasteiger partial charge in [-0.1, -0.05) is 12.1 Å². The number of benzene rings is 2. The fourth-order valence-electron chi connectivity index (χ4n) is 4.06. The second kappa shape index (κ2) is 8.99. The summed E-state index contributed by atoms with van der Waals surface area (Å²) in [5.74, 6) is 1.68. The second-order valence-electron chi connectivity index (χ2n) is 8.12. The van der Waals surface area contributed by atoms with Gasteiger partial charge in [0, 0.05) is 0 Å². The molecule has 164 valence electrons. The van der Waals surface area contributed by atoms with Gasteiger partial charge in [0.05, 0.1) is 24.6 Å². The summed E-state index contributed by atoms with van der Waals surface area (Å²) in [5.41, 5.74) is 0.851. The van der Waals surface area contributed by atoms with Crippen LogP contribution >= 0.6 is 0 Å². The van der Waals surface area contributed by atoms with Crippen molar-refractivity contribution >= 4 is 11.0 Å². The molecule has 7 heteroatoms. The van der Waals surface area contributed by atoms with Crippen LogP contribution in [-0.2, 0) is 6.54 Å². The van der Waals surface area contributed by atoms with Crippen molar-refractivity contribution in [3.05, 3.63) is 57.9 Å². The van der Waals surface area contributed by atoms with Crippen molar-refractivity contribution in [2.75, 3.05) is 39.8 Å². The summed E-state index contributed by atoms with van der Waals surface area (Å²) in [4.78, 5) is 16.2. The number of phenols is 1. The number of phenolic OH excluding ortho intramolecular Hbond substituents is 1. The highest BCUT2D eigenvalue weighted by atomic mass is 16.5. The minimum atomic E-state index is -0.260. The third-order valence-electron chi connectivity index (χ3n) is 5.86. The Morgan fingerprint density at radius 3 is 2.48 bits per heavy atom. The Hall–Kier alpha value is -3.03. The van der Waals surface area contributed by atoms with Gasteiger partial charge in [0.25, 0.3) is 0 Å². The molecule has 1 aromatic heterocycles. The molecule has 0 saturated carbocycles. The van der Waals surface area contributed by atoms with E-state index in [1.54, 1.807) is 31.2 Å². The average molecular weight is 427 g/mol. The molecule has 2 heterocycles. The Bertz CT molecular complexity index is 1130. The maximum atomic E-state index is 13.3. The number of hydrogen-bond acceptors (Lipinski definition) is 5. The van der Waals surface area contributed by atoms with E-state index in [4.69, 9.17) is 13.9 Å². The minimum absolute atomic E-state index is 0.131. The summed E-state index contributed by atoms with van der Waals surface area (Å²) in [5, 5.41) is 10.9. The molecule has 3 N–H and O–H groups in total. The van der Waals surface area contributed by atoms with Gasteiger partial charge in [0.2, 0.25) is 11.2 Å². The highest BCUT2D eigenvalue weighted by Crippen LogP contribution is 2.34. The number of quaternary nitrogens is 2. The van der Waals surface area contributed by atoms with Crippen LogP contribution in [0, 0.1) is 6.92 Å². The number of aryl methyl sites for hydroxylation is 1. The highest BCUT2D eigenvalue weighted by molar-refractivity contribution is 5.83. The first-order valence-corrected chi connectivity index (χ1v) is 10.8. The molecular formula is C24H30N2O5+2. The van der Waals surface area contributed by atoms with Crippen molar-refractivity contribution < 1.29 is 28.8 Å². The number of aromatic hydroxyl groups is 1. The lowest BCUT2D eigenvalue weighted by Gasteiger charge is -2.27. The number of piperazine rings is 1. The highest BCUT2D eigenvalue weighted by Gasteiger charge is 2.25. The van der Waals surface area contributed by atoms with Crippen LogP contribution in [0.1, 0.15) is 18.2 Å². The molecule has 0 spiro atoms. The van der Waals surface area contributed by atoms with Crippen molar-refractivity contribution in [3.63, 3.8) is 0 Å². The van der Waals surface area contributed by atoms with E-state index in [0.717, 1.165) is 26.2 Å². The predicted octanol–water partition coefficient (Wildman–Crippen LogP) is 0.911. The summed E-state index contributed by atoms with van der Waals surface area (Å²) >= 11 is 0. The van der Waals surface area contributed by atoms with Crippen LogP contribution in [0.5, 0.6) is 23.0 Å². The SMILES string of the molecule is CCOc1ccccc1Oc1c(C)oc2c(C[NH+]3CC[NH+](C)CC3)c(O)ccc2c1=O. The molecule has 0 atom stereocenters. The number of para-hydroxylation sites is 2. The van der Waals surface area contributed by atoms with E-state index in [1.165, 1.54) is 9.80 Å². The standard InChI is InChI=1S/C24H28N2O5/c1-4-29-20-7-5-6-8-21(20)31-23-16(2)30-24-17(22(23)28)9-10-19(27)18(24)15-26-13-11-25(3)12-14-26/h5-10,27H,4,11-15H2,1-3H3/p+2. The Morgan fingerprint density at radius 2 is 1.77 bits per heavy atom. The van der Waals surface area contributed by atoms with E-state index in [9.17, 15) is 9.90 Å². The number of likely N-dealkylation sites (N-methyl/N-ethyl adjacent to an activating group) is 1. The van der Waals surface area contributed by atoms with E-state index in [1.807, 2.05) is 19.1 Å². The van der Waals surface area contributed by atoms with E-state index in [0.29, 0.717) is 46.9 Å². The van der Waals surface area contributed by atoms with Crippen molar-refractivity contribution in [3.8, 4) is 23.0 Å². The van der Waals surface area contributed by atoms with Crippen LogP contribution in [0.2, 0.25) is 0 Å². The first-order chi connectivity index (χ1) is 15.0. The van der Waals surface area contributed by atoms with Crippen LogP contribution in [0.3, 0.4) is 0 Å². The van der Waals surface area contributed by atoms with E-state index < -0.39 is 0 Å². The van der Waals surface area contributed by atoms with Crippen LogP contribution < -0.4 is 24.7 Å². The van der Waals surface area contributed by atoms with Gasteiger partial charge in [0.1, 0.15) is 44.2 Å². The Balaban J connectivity index is 1.72. The lowest BCUT2D eigenvalue weighted by molar-refractivity contribution is -1.01. The minimum Gasteiger partial charge on any atom is -0.507 e. The summed E-state index contributed by atoms with van der Waals surface area (Å²) in [6, 6.07) is 10.4. The number of nitrogens with one attached hydrogen (secondary N) is 2. The fraction of sp³-hybridized carbons (Fsp3) is 0.375. The second-order valence-corrected chi connectivity index (χ2v) is 8.12. The van der Waals surface area contributed by atoms with Gasteiger partial charge in [-0.05, 0) is 38.1 Å². The van der Waals surface area contributed by atoms with Crippen molar-refractivity contribution in [1.82, 2.24) is 0 Å². The summed E-state index contributed by atoms with van der Waals surface area (Å²) in [7, 11) is 2.19. The van der Waals surface area contributed by atoms with Gasteiger partial charge >= 0.3 is 0 Å². The van der Waals surface area contributed by atoms with Gasteiger partial charge in [-0.15, -0.1) is 0 Å². The topological polar surface area (TPSA) is 77.8 Å². The van der Waals surface area contributed by atoms with Gasteiger partial charge in [-0.25, -0.2) is 0 Å². The van der Waals surface area contributed by atoms with Crippen molar-refractivity contribution in [1.29, 1.82) is 0 Å². The zero-order valence-electron chi connectivity index (χ0n) is 18.3. The van der Waals surface area contributed by atoms with Crippen LogP contribution in [0.25, 0.3) is 11.0 Å². The molecule has 1 saturated heterocycles. The Kier molecular flexibility index (Phi) is 6.15. The largest absolute Gasteiger partial charge is 0.507 e. The molecule has 7 nitrogen and oxygen atoms in total. The molecule has 0 unspecified atom stereocenters. The molecule has 1 aliphatic rings. The van der Waals surface area contributed by atoms with Gasteiger partial charge in [0.15, 0.2) is 17.1 Å². The smallest absolute Gasteiger partial charge is 0.235 e. The monoisotopic (exact) mass is 426 g/mol. The van der Waals surface area contributed by atoms with Crippen molar-refractivity contribution in [2.45, 2.75) is 20.4 Å². The maximum Gasteiger partial charge on any atom is 0.235 e. The molecule has 0 radical (unpaired) electrons. The molecule has 4 rings (SSSR count). The zero-order chi connectivity index (χ0) is 22.0. The average Bonchev–Trinajstić information content (AvgIpc) is 2.76. The molecule has 2 aromatic carbocycles. The maximum absolute atomic E-state index is 13.3. The number of rotatable bonds is 6. The van der Waals surface area contributed by atoms with Crippen LogP contribution in [0.15, 0.2) is 45.6 Å². The third-order valence-corrected chi connectivity index (χ3v) is 5.86. The van der Waals surface area contributed by atoms with Gasteiger partial charge in [-0.2, -0.15) is 0 Å². The number of ether oxygens (including phenoxy) is 2. The van der Waals surface area contributed by atoms with E-state index >= 15 is 0 Å². The summed E-state index contributed by atoms with van der Waals surface area (Å²) in [6.07, 6.45) is 0. The zero-order valence-corrected chi connectivity index (χ0v) is 18.3. The van der Waals surface area contributed by atoms with E-state index in [2.05, 4.69) is 7.05 Å². The molecule has 0 aliphatic carbocycles. The number of hydrogen-bond donors (Lipinski definition) is 3. The molecule has 1 fully saturated rings. The van der Waals surface area contributed by atoms with Crippen LogP contribution in [-0.4, -0.2) is 44.9 Å². The molecule has 0 bridgehead atoms. The van der Waals surface area contributed by atoms with E-state index in [-0.39, 0.29) is 16.9 Å². The third kappa shape index (κ3) is 4.38. The molecule has 1 aliphatic heterocycles. The Labute approximate surface area is 181 Å². The Morgan fingerprint density at radius 1 is 1.06 bits per heavy atom. The van der Waals surface area contributed by atoms with Crippen LogP contribution in [0.4, 0.5) is 0 Å².